The van der Waals surface area contributed by atoms with Crippen molar-refractivity contribution in [2.75, 3.05) is 6.54 Å². The zero-order valence-corrected chi connectivity index (χ0v) is 8.18. The number of aryl methyl sites for hydroxylation is 1. The Bertz CT molecular complexity index is 372. The van der Waals surface area contributed by atoms with Crippen molar-refractivity contribution < 1.29 is 9.50 Å². The van der Waals surface area contributed by atoms with Gasteiger partial charge >= 0.3 is 0 Å². The number of benzene rings is 1. The highest BCUT2D eigenvalue weighted by molar-refractivity contribution is 5.46. The van der Waals surface area contributed by atoms with Crippen LogP contribution in [0.25, 0.3) is 0 Å². The molecule has 1 aliphatic rings. The first-order chi connectivity index (χ1) is 6.60. The Kier molecular flexibility index (Phi) is 2.00. The average molecular weight is 195 g/mol. The molecule has 0 amide bonds. The maximum absolute atomic E-state index is 13.8. The van der Waals surface area contributed by atoms with Gasteiger partial charge in [0.15, 0.2) is 0 Å². The summed E-state index contributed by atoms with van der Waals surface area (Å²) in [4.78, 5) is 0. The molecule has 2 rings (SSSR count). The Labute approximate surface area is 82.5 Å². The summed E-state index contributed by atoms with van der Waals surface area (Å²) in [5.74, 6) is -0.260. The number of nitrogens with two attached hydrogens (primary N) is 1. The Morgan fingerprint density at radius 2 is 2.14 bits per heavy atom. The van der Waals surface area contributed by atoms with Gasteiger partial charge in [0.2, 0.25) is 0 Å². The van der Waals surface area contributed by atoms with E-state index in [1.165, 1.54) is 0 Å². The molecule has 1 aromatic carbocycles. The third-order valence-electron chi connectivity index (χ3n) is 3.09. The van der Waals surface area contributed by atoms with Gasteiger partial charge in [-0.05, 0) is 31.4 Å². The lowest BCUT2D eigenvalue weighted by molar-refractivity contribution is 0.444. The largest absolute Gasteiger partial charge is 0.508 e. The summed E-state index contributed by atoms with van der Waals surface area (Å²) in [6.45, 7) is 2.10. The molecule has 1 fully saturated rings. The second kappa shape index (κ2) is 2.95. The minimum absolute atomic E-state index is 0.0380. The molecule has 2 nitrogen and oxygen atoms in total. The summed E-state index contributed by atoms with van der Waals surface area (Å²) >= 11 is 0. The van der Waals surface area contributed by atoms with Crippen LogP contribution in [0.2, 0.25) is 0 Å². The third-order valence-corrected chi connectivity index (χ3v) is 3.09. The van der Waals surface area contributed by atoms with Crippen LogP contribution in [-0.4, -0.2) is 11.7 Å². The van der Waals surface area contributed by atoms with Crippen molar-refractivity contribution in [1.29, 1.82) is 0 Å². The van der Waals surface area contributed by atoms with Crippen LogP contribution in [0, 0.1) is 12.7 Å². The molecule has 0 aliphatic heterocycles. The second-order valence-electron chi connectivity index (χ2n) is 4.08. The van der Waals surface area contributed by atoms with E-state index in [4.69, 9.17) is 5.73 Å². The van der Waals surface area contributed by atoms with E-state index in [9.17, 15) is 9.50 Å². The summed E-state index contributed by atoms with van der Waals surface area (Å²) in [6, 6.07) is 3.13. The number of hydrogen-bond donors (Lipinski definition) is 2. The van der Waals surface area contributed by atoms with E-state index >= 15 is 0 Å². The van der Waals surface area contributed by atoms with E-state index in [0.29, 0.717) is 17.7 Å². The fourth-order valence-electron chi connectivity index (χ4n) is 1.88. The van der Waals surface area contributed by atoms with Crippen molar-refractivity contribution in [3.63, 3.8) is 0 Å². The van der Waals surface area contributed by atoms with Crippen LogP contribution >= 0.6 is 0 Å². The van der Waals surface area contributed by atoms with Crippen LogP contribution in [0.3, 0.4) is 0 Å². The third kappa shape index (κ3) is 1.20. The van der Waals surface area contributed by atoms with E-state index in [1.54, 1.807) is 19.1 Å². The molecular formula is C11H14FNO. The number of hydrogen-bond acceptors (Lipinski definition) is 2. The van der Waals surface area contributed by atoms with Crippen LogP contribution in [0.5, 0.6) is 5.75 Å². The van der Waals surface area contributed by atoms with Gasteiger partial charge in [0.1, 0.15) is 11.6 Å². The van der Waals surface area contributed by atoms with Crippen molar-refractivity contribution >= 4 is 0 Å². The fraction of sp³-hybridized carbons (Fsp3) is 0.455. The number of phenols is 1. The molecular weight excluding hydrogens is 181 g/mol. The quantitative estimate of drug-likeness (QED) is 0.756. The number of aromatic hydroxyl groups is 1. The number of rotatable bonds is 2. The smallest absolute Gasteiger partial charge is 0.133 e. The summed E-state index contributed by atoms with van der Waals surface area (Å²) in [5, 5.41) is 9.63. The normalized spacial score (nSPS) is 18.2. The SMILES string of the molecule is Cc1ccc(O)c(C2(CN)CC2)c1F. The average Bonchev–Trinajstić information content (AvgIpc) is 2.93. The Balaban J connectivity index is 2.57. The predicted molar refractivity (Wildman–Crippen MR) is 52.8 cm³/mol. The molecule has 3 N–H and O–H groups in total. The Morgan fingerprint density at radius 3 is 2.64 bits per heavy atom. The molecule has 76 valence electrons. The highest BCUT2D eigenvalue weighted by Gasteiger charge is 2.46. The number of phenolic OH excluding ortho intramolecular Hbond substituents is 1. The van der Waals surface area contributed by atoms with Crippen LogP contribution in [0.1, 0.15) is 24.0 Å². The first-order valence-electron chi connectivity index (χ1n) is 4.79. The summed E-state index contributed by atoms with van der Waals surface area (Å²) < 4.78 is 13.8. The monoisotopic (exact) mass is 195 g/mol. The molecule has 3 heteroatoms. The van der Waals surface area contributed by atoms with Gasteiger partial charge in [-0.25, -0.2) is 4.39 Å². The van der Waals surface area contributed by atoms with Crippen LogP contribution in [-0.2, 0) is 5.41 Å². The Hall–Kier alpha value is -1.09. The molecule has 0 unspecified atom stereocenters. The van der Waals surface area contributed by atoms with Gasteiger partial charge in [-0.2, -0.15) is 0 Å². The maximum atomic E-state index is 13.8. The molecule has 0 radical (unpaired) electrons. The predicted octanol–water partition coefficient (Wildman–Crippen LogP) is 1.83. The topological polar surface area (TPSA) is 46.2 Å². The van der Waals surface area contributed by atoms with Gasteiger partial charge in [-0.3, -0.25) is 0 Å². The van der Waals surface area contributed by atoms with Gasteiger partial charge in [-0.15, -0.1) is 0 Å². The van der Waals surface area contributed by atoms with E-state index in [1.807, 2.05) is 0 Å². The molecule has 0 spiro atoms. The van der Waals surface area contributed by atoms with Crippen molar-refractivity contribution in [2.45, 2.75) is 25.2 Å². The van der Waals surface area contributed by atoms with Gasteiger partial charge in [0, 0.05) is 17.5 Å². The van der Waals surface area contributed by atoms with Crippen molar-refractivity contribution in [3.05, 3.63) is 29.1 Å². The minimum Gasteiger partial charge on any atom is -0.508 e. The first-order valence-corrected chi connectivity index (χ1v) is 4.79. The molecule has 1 aromatic rings. The van der Waals surface area contributed by atoms with E-state index in [-0.39, 0.29) is 17.0 Å². The molecule has 1 saturated carbocycles. The molecule has 0 saturated heterocycles. The molecule has 0 aromatic heterocycles. The first kappa shape index (κ1) is 9.46. The van der Waals surface area contributed by atoms with Crippen LogP contribution in [0.15, 0.2) is 12.1 Å². The van der Waals surface area contributed by atoms with E-state index < -0.39 is 0 Å². The van der Waals surface area contributed by atoms with Crippen molar-refractivity contribution in [2.24, 2.45) is 5.73 Å². The van der Waals surface area contributed by atoms with Crippen LogP contribution < -0.4 is 5.73 Å². The second-order valence-corrected chi connectivity index (χ2v) is 4.08. The van der Waals surface area contributed by atoms with Gasteiger partial charge in [0.25, 0.3) is 0 Å². The highest BCUT2D eigenvalue weighted by Crippen LogP contribution is 2.51. The fourth-order valence-corrected chi connectivity index (χ4v) is 1.88. The standard InChI is InChI=1S/C11H14FNO/c1-7-2-3-8(14)9(10(7)12)11(6-13)4-5-11/h2-3,14H,4-6,13H2,1H3. The molecule has 0 atom stereocenters. The van der Waals surface area contributed by atoms with Crippen LogP contribution in [0.4, 0.5) is 4.39 Å². The van der Waals surface area contributed by atoms with Gasteiger partial charge in [0.05, 0.1) is 0 Å². The molecule has 14 heavy (non-hydrogen) atoms. The lowest BCUT2D eigenvalue weighted by atomic mass is 9.93. The highest BCUT2D eigenvalue weighted by atomic mass is 19.1. The molecule has 1 aliphatic carbocycles. The summed E-state index contributed by atoms with van der Waals surface area (Å²) in [6.07, 6.45) is 1.74. The lowest BCUT2D eigenvalue weighted by Gasteiger charge is -2.16. The van der Waals surface area contributed by atoms with Crippen molar-refractivity contribution in [1.82, 2.24) is 0 Å². The van der Waals surface area contributed by atoms with Crippen molar-refractivity contribution in [3.8, 4) is 5.75 Å². The van der Waals surface area contributed by atoms with E-state index in [0.717, 1.165) is 12.8 Å². The molecule has 0 bridgehead atoms. The van der Waals surface area contributed by atoms with Gasteiger partial charge in [-0.1, -0.05) is 6.07 Å². The molecule has 0 heterocycles. The van der Waals surface area contributed by atoms with Gasteiger partial charge < -0.3 is 10.8 Å². The maximum Gasteiger partial charge on any atom is 0.133 e. The lowest BCUT2D eigenvalue weighted by Crippen LogP contribution is -2.21. The zero-order valence-electron chi connectivity index (χ0n) is 8.18. The van der Waals surface area contributed by atoms with E-state index in [2.05, 4.69) is 0 Å². The Morgan fingerprint density at radius 1 is 1.50 bits per heavy atom. The summed E-state index contributed by atoms with van der Waals surface area (Å²) in [5.41, 5.74) is 6.30. The summed E-state index contributed by atoms with van der Waals surface area (Å²) in [7, 11) is 0. The zero-order chi connectivity index (χ0) is 10.3. The number of halogens is 1. The minimum atomic E-state index is -0.298.